The summed E-state index contributed by atoms with van der Waals surface area (Å²) in [6.07, 6.45) is 0. The van der Waals surface area contributed by atoms with Crippen molar-refractivity contribution in [2.45, 2.75) is 6.04 Å². The third-order valence-corrected chi connectivity index (χ3v) is 2.89. The van der Waals surface area contributed by atoms with Crippen molar-refractivity contribution >= 4 is 0 Å². The Morgan fingerprint density at radius 3 is 1.45 bits per heavy atom. The molecule has 0 bridgehead atoms. The number of nitriles is 2. The SMILES string of the molecule is N#Cc1ccc(OCC(N)COc2ccc(C#N)cc2)cc1. The molecular weight excluding hydrogens is 278 g/mol. The van der Waals surface area contributed by atoms with Crippen LogP contribution in [0.25, 0.3) is 0 Å². The summed E-state index contributed by atoms with van der Waals surface area (Å²) in [7, 11) is 0. The molecule has 0 aliphatic carbocycles. The zero-order chi connectivity index (χ0) is 15.8. The van der Waals surface area contributed by atoms with Crippen LogP contribution < -0.4 is 15.2 Å². The van der Waals surface area contributed by atoms with Crippen molar-refractivity contribution in [2.75, 3.05) is 13.2 Å². The van der Waals surface area contributed by atoms with Gasteiger partial charge >= 0.3 is 0 Å². The van der Waals surface area contributed by atoms with Crippen molar-refractivity contribution in [3.63, 3.8) is 0 Å². The van der Waals surface area contributed by atoms with Crippen LogP contribution in [0.5, 0.6) is 11.5 Å². The number of hydrogen-bond acceptors (Lipinski definition) is 5. The second-order valence-corrected chi connectivity index (χ2v) is 4.65. The smallest absolute Gasteiger partial charge is 0.119 e. The highest BCUT2D eigenvalue weighted by molar-refractivity contribution is 5.35. The van der Waals surface area contributed by atoms with E-state index in [4.69, 9.17) is 25.7 Å². The first kappa shape index (κ1) is 15.4. The minimum atomic E-state index is -0.286. The fraction of sp³-hybridized carbons (Fsp3) is 0.176. The monoisotopic (exact) mass is 293 g/mol. The number of nitrogens with two attached hydrogens (primary N) is 1. The highest BCUT2D eigenvalue weighted by atomic mass is 16.5. The van der Waals surface area contributed by atoms with E-state index in [-0.39, 0.29) is 6.04 Å². The van der Waals surface area contributed by atoms with E-state index in [0.717, 1.165) is 0 Å². The topological polar surface area (TPSA) is 92.1 Å². The summed E-state index contributed by atoms with van der Waals surface area (Å²) in [5.41, 5.74) is 7.09. The lowest BCUT2D eigenvalue weighted by Crippen LogP contribution is -2.34. The van der Waals surface area contributed by atoms with Crippen molar-refractivity contribution in [1.29, 1.82) is 10.5 Å². The lowest BCUT2D eigenvalue weighted by Gasteiger charge is -2.14. The molecule has 0 aliphatic rings. The normalized spacial score (nSPS) is 9.82. The average Bonchev–Trinajstić information content (AvgIpc) is 2.59. The zero-order valence-corrected chi connectivity index (χ0v) is 11.9. The lowest BCUT2D eigenvalue weighted by molar-refractivity contribution is 0.220. The second kappa shape index (κ2) is 7.68. The largest absolute Gasteiger partial charge is 0.492 e. The van der Waals surface area contributed by atoms with E-state index in [2.05, 4.69) is 0 Å². The Morgan fingerprint density at radius 2 is 1.14 bits per heavy atom. The van der Waals surface area contributed by atoms with Gasteiger partial charge in [-0.2, -0.15) is 10.5 Å². The van der Waals surface area contributed by atoms with Crippen LogP contribution in [-0.4, -0.2) is 19.3 Å². The van der Waals surface area contributed by atoms with E-state index in [1.807, 2.05) is 12.1 Å². The maximum absolute atomic E-state index is 8.71. The zero-order valence-electron chi connectivity index (χ0n) is 11.9. The molecule has 110 valence electrons. The minimum Gasteiger partial charge on any atom is -0.492 e. The number of rotatable bonds is 6. The summed E-state index contributed by atoms with van der Waals surface area (Å²) in [4.78, 5) is 0. The van der Waals surface area contributed by atoms with Gasteiger partial charge in [0.05, 0.1) is 29.3 Å². The Hall–Kier alpha value is -3.02. The Balaban J connectivity index is 1.76. The van der Waals surface area contributed by atoms with Crippen molar-refractivity contribution in [1.82, 2.24) is 0 Å². The average molecular weight is 293 g/mol. The maximum atomic E-state index is 8.71. The van der Waals surface area contributed by atoms with E-state index in [9.17, 15) is 0 Å². The second-order valence-electron chi connectivity index (χ2n) is 4.65. The minimum absolute atomic E-state index is 0.286. The van der Waals surface area contributed by atoms with E-state index < -0.39 is 0 Å². The van der Waals surface area contributed by atoms with Crippen LogP contribution in [0.2, 0.25) is 0 Å². The number of ether oxygens (including phenoxy) is 2. The molecule has 0 saturated heterocycles. The molecule has 22 heavy (non-hydrogen) atoms. The molecule has 0 spiro atoms. The van der Waals surface area contributed by atoms with E-state index in [1.54, 1.807) is 48.5 Å². The number of benzene rings is 2. The van der Waals surface area contributed by atoms with Gasteiger partial charge in [-0.15, -0.1) is 0 Å². The lowest BCUT2D eigenvalue weighted by atomic mass is 10.2. The fourth-order valence-electron chi connectivity index (χ4n) is 1.71. The first-order valence-corrected chi connectivity index (χ1v) is 6.73. The van der Waals surface area contributed by atoms with Gasteiger partial charge in [0, 0.05) is 0 Å². The van der Waals surface area contributed by atoms with E-state index >= 15 is 0 Å². The molecule has 0 radical (unpaired) electrons. The number of hydrogen-bond donors (Lipinski definition) is 1. The molecule has 0 fully saturated rings. The highest BCUT2D eigenvalue weighted by Gasteiger charge is 2.05. The van der Waals surface area contributed by atoms with Crippen LogP contribution in [0.15, 0.2) is 48.5 Å². The molecule has 0 aromatic heterocycles. The fourth-order valence-corrected chi connectivity index (χ4v) is 1.71. The van der Waals surface area contributed by atoms with Crippen LogP contribution in [-0.2, 0) is 0 Å². The molecule has 0 unspecified atom stereocenters. The maximum Gasteiger partial charge on any atom is 0.119 e. The van der Waals surface area contributed by atoms with Gasteiger partial charge in [-0.3, -0.25) is 0 Å². The first-order chi connectivity index (χ1) is 10.7. The van der Waals surface area contributed by atoms with Crippen LogP contribution in [0, 0.1) is 22.7 Å². The molecule has 5 heteroatoms. The summed E-state index contributed by atoms with van der Waals surface area (Å²) >= 11 is 0. The van der Waals surface area contributed by atoms with Gasteiger partial charge in [0.15, 0.2) is 0 Å². The van der Waals surface area contributed by atoms with Gasteiger partial charge in [-0.1, -0.05) is 0 Å². The summed E-state index contributed by atoms with van der Waals surface area (Å²) in [6, 6.07) is 17.5. The Bertz CT molecular complexity index is 620. The third-order valence-electron chi connectivity index (χ3n) is 2.89. The van der Waals surface area contributed by atoms with E-state index in [1.165, 1.54) is 0 Å². The van der Waals surface area contributed by atoms with Crippen molar-refractivity contribution in [2.24, 2.45) is 5.73 Å². The Kier molecular flexibility index (Phi) is 5.37. The summed E-state index contributed by atoms with van der Waals surface area (Å²) in [6.45, 7) is 0.615. The van der Waals surface area contributed by atoms with Crippen molar-refractivity contribution in [3.05, 3.63) is 59.7 Å². The van der Waals surface area contributed by atoms with E-state index in [0.29, 0.717) is 35.8 Å². The van der Waals surface area contributed by atoms with Crippen molar-refractivity contribution in [3.8, 4) is 23.6 Å². The predicted molar refractivity (Wildman–Crippen MR) is 81.3 cm³/mol. The number of nitrogens with zero attached hydrogens (tertiary/aromatic N) is 2. The molecule has 0 aliphatic heterocycles. The van der Waals surface area contributed by atoms with Gasteiger partial charge < -0.3 is 15.2 Å². The Morgan fingerprint density at radius 1 is 0.773 bits per heavy atom. The molecule has 2 aromatic carbocycles. The third kappa shape index (κ3) is 4.52. The van der Waals surface area contributed by atoms with Crippen molar-refractivity contribution < 1.29 is 9.47 Å². The van der Waals surface area contributed by atoms with Gasteiger partial charge in [-0.25, -0.2) is 0 Å². The van der Waals surface area contributed by atoms with Gasteiger partial charge in [0.2, 0.25) is 0 Å². The molecule has 5 nitrogen and oxygen atoms in total. The standard InChI is InChI=1S/C17H15N3O2/c18-9-13-1-5-16(6-2-13)21-11-15(20)12-22-17-7-3-14(10-19)4-8-17/h1-8,15H,11-12,20H2. The van der Waals surface area contributed by atoms with Crippen LogP contribution >= 0.6 is 0 Å². The molecule has 2 rings (SSSR count). The Labute approximate surface area is 129 Å². The first-order valence-electron chi connectivity index (χ1n) is 6.73. The summed E-state index contributed by atoms with van der Waals surface area (Å²) < 4.78 is 11.1. The summed E-state index contributed by atoms with van der Waals surface area (Å²) in [5.74, 6) is 1.32. The molecule has 0 heterocycles. The van der Waals surface area contributed by atoms with Gasteiger partial charge in [0.25, 0.3) is 0 Å². The van der Waals surface area contributed by atoms with Crippen LogP contribution in [0.1, 0.15) is 11.1 Å². The van der Waals surface area contributed by atoms with Crippen LogP contribution in [0.3, 0.4) is 0 Å². The summed E-state index contributed by atoms with van der Waals surface area (Å²) in [5, 5.41) is 17.4. The molecule has 0 amide bonds. The van der Waals surface area contributed by atoms with Gasteiger partial charge in [-0.05, 0) is 48.5 Å². The molecule has 2 N–H and O–H groups in total. The quantitative estimate of drug-likeness (QED) is 0.881. The molecular formula is C17H15N3O2. The predicted octanol–water partition coefficient (Wildman–Crippen LogP) is 2.22. The molecule has 0 atom stereocenters. The highest BCUT2D eigenvalue weighted by Crippen LogP contribution is 2.13. The van der Waals surface area contributed by atoms with Crippen LogP contribution in [0.4, 0.5) is 0 Å². The molecule has 0 saturated carbocycles. The van der Waals surface area contributed by atoms with Gasteiger partial charge in [0.1, 0.15) is 24.7 Å². The molecule has 2 aromatic rings.